The molecule has 0 radical (unpaired) electrons. The van der Waals surface area contributed by atoms with Gasteiger partial charge < -0.3 is 14.6 Å². The highest BCUT2D eigenvalue weighted by atomic mass is 16.5. The first-order chi connectivity index (χ1) is 6.50. The van der Waals surface area contributed by atoms with Crippen molar-refractivity contribution in [2.45, 2.75) is 18.9 Å². The van der Waals surface area contributed by atoms with Crippen molar-refractivity contribution in [3.8, 4) is 0 Å². The molecule has 1 rings (SSSR count). The third-order valence-corrected chi connectivity index (χ3v) is 2.46. The third kappa shape index (κ3) is 1.93. The molecule has 5 heteroatoms. The van der Waals surface area contributed by atoms with Gasteiger partial charge in [-0.1, -0.05) is 0 Å². The molecule has 5 nitrogen and oxygen atoms in total. The number of rotatable bonds is 2. The number of carbonyl (C=O) groups excluding carboxylic acids is 2. The van der Waals surface area contributed by atoms with Crippen LogP contribution in [0.5, 0.6) is 0 Å². The highest BCUT2D eigenvalue weighted by molar-refractivity contribution is 5.91. The van der Waals surface area contributed by atoms with Crippen LogP contribution in [0.4, 0.5) is 0 Å². The summed E-state index contributed by atoms with van der Waals surface area (Å²) in [4.78, 5) is 22.6. The van der Waals surface area contributed by atoms with E-state index in [1.807, 2.05) is 0 Å². The summed E-state index contributed by atoms with van der Waals surface area (Å²) in [5.41, 5.74) is -1.74. The first-order valence-electron chi connectivity index (χ1n) is 4.41. The average Bonchev–Trinajstić information content (AvgIpc) is 2.17. The van der Waals surface area contributed by atoms with Crippen molar-refractivity contribution in [3.63, 3.8) is 0 Å². The molecule has 0 aromatic heterocycles. The Morgan fingerprint density at radius 1 is 1.71 bits per heavy atom. The van der Waals surface area contributed by atoms with Gasteiger partial charge in [-0.05, 0) is 13.3 Å². The van der Waals surface area contributed by atoms with Gasteiger partial charge in [0.2, 0.25) is 0 Å². The molecule has 80 valence electrons. The minimum atomic E-state index is -1.74. The molecule has 14 heavy (non-hydrogen) atoms. The van der Waals surface area contributed by atoms with E-state index < -0.39 is 17.5 Å². The van der Waals surface area contributed by atoms with Gasteiger partial charge in [0, 0.05) is 6.61 Å². The number of hydrogen-bond donors (Lipinski definition) is 1. The number of carbonyl (C=O) groups is 2. The van der Waals surface area contributed by atoms with Crippen LogP contribution in [0.1, 0.15) is 13.3 Å². The van der Waals surface area contributed by atoms with Crippen molar-refractivity contribution in [1.82, 2.24) is 0 Å². The average molecular weight is 202 g/mol. The van der Waals surface area contributed by atoms with E-state index in [0.29, 0.717) is 13.0 Å². The maximum Gasteiger partial charge on any atom is 0.338 e. The zero-order chi connectivity index (χ0) is 10.8. The second-order valence-corrected chi connectivity index (χ2v) is 3.50. The molecule has 1 saturated heterocycles. The van der Waals surface area contributed by atoms with E-state index in [1.54, 1.807) is 0 Å². The lowest BCUT2D eigenvalue weighted by Crippen LogP contribution is -2.50. The third-order valence-electron chi connectivity index (χ3n) is 2.46. The second-order valence-electron chi connectivity index (χ2n) is 3.50. The monoisotopic (exact) mass is 202 g/mol. The molecule has 0 saturated carbocycles. The molecule has 0 amide bonds. The number of Topliss-reactive ketones (excluding diaryl/α,β-unsaturated/α-hetero) is 1. The van der Waals surface area contributed by atoms with Crippen LogP contribution in [0.2, 0.25) is 0 Å². The summed E-state index contributed by atoms with van der Waals surface area (Å²) in [5, 5.41) is 9.83. The van der Waals surface area contributed by atoms with E-state index >= 15 is 0 Å². The summed E-state index contributed by atoms with van der Waals surface area (Å²) in [5.74, 6) is -1.76. The van der Waals surface area contributed by atoms with Crippen molar-refractivity contribution in [2.75, 3.05) is 20.3 Å². The number of ketones is 1. The molecule has 1 aliphatic rings. The second kappa shape index (κ2) is 4.06. The van der Waals surface area contributed by atoms with E-state index in [9.17, 15) is 14.7 Å². The lowest BCUT2D eigenvalue weighted by atomic mass is 9.82. The molecular weight excluding hydrogens is 188 g/mol. The Balaban J connectivity index is 2.79. The lowest BCUT2D eigenvalue weighted by molar-refractivity contribution is -0.173. The molecule has 0 aromatic rings. The fraction of sp³-hybridized carbons (Fsp3) is 0.778. The van der Waals surface area contributed by atoms with Crippen molar-refractivity contribution in [3.05, 3.63) is 0 Å². The van der Waals surface area contributed by atoms with Crippen LogP contribution in [0, 0.1) is 5.92 Å². The largest absolute Gasteiger partial charge is 0.467 e. The molecule has 0 aromatic carbocycles. The molecule has 1 N–H and O–H groups in total. The minimum Gasteiger partial charge on any atom is -0.467 e. The zero-order valence-corrected chi connectivity index (χ0v) is 8.28. The van der Waals surface area contributed by atoms with Crippen molar-refractivity contribution >= 4 is 11.8 Å². The van der Waals surface area contributed by atoms with Crippen LogP contribution >= 0.6 is 0 Å². The number of aliphatic hydroxyl groups is 1. The maximum atomic E-state index is 11.4. The molecule has 1 fully saturated rings. The summed E-state index contributed by atoms with van der Waals surface area (Å²) < 4.78 is 9.34. The number of ether oxygens (including phenoxy) is 2. The number of hydrogen-bond acceptors (Lipinski definition) is 5. The molecule has 0 bridgehead atoms. The predicted octanol–water partition coefficient (Wildman–Crippen LogP) is -0.484. The summed E-state index contributed by atoms with van der Waals surface area (Å²) in [6, 6.07) is 0. The molecule has 0 spiro atoms. The van der Waals surface area contributed by atoms with Crippen LogP contribution in [-0.2, 0) is 19.1 Å². The van der Waals surface area contributed by atoms with Gasteiger partial charge in [-0.25, -0.2) is 4.79 Å². The van der Waals surface area contributed by atoms with E-state index in [4.69, 9.17) is 4.74 Å². The van der Waals surface area contributed by atoms with Gasteiger partial charge in [-0.3, -0.25) is 4.79 Å². The first-order valence-corrected chi connectivity index (χ1v) is 4.41. The van der Waals surface area contributed by atoms with Crippen LogP contribution in [0.3, 0.4) is 0 Å². The number of esters is 1. The SMILES string of the molecule is COC(=O)C(C)(O)C1CCOCC1=O. The van der Waals surface area contributed by atoms with Gasteiger partial charge >= 0.3 is 5.97 Å². The molecule has 1 aliphatic heterocycles. The topological polar surface area (TPSA) is 72.8 Å². The smallest absolute Gasteiger partial charge is 0.338 e. The maximum absolute atomic E-state index is 11.4. The Bertz CT molecular complexity index is 246. The van der Waals surface area contributed by atoms with E-state index in [1.165, 1.54) is 14.0 Å². The van der Waals surface area contributed by atoms with Crippen molar-refractivity contribution in [2.24, 2.45) is 5.92 Å². The molecular formula is C9H14O5. The van der Waals surface area contributed by atoms with Crippen molar-refractivity contribution in [1.29, 1.82) is 0 Å². The molecule has 0 aliphatic carbocycles. The predicted molar refractivity (Wildman–Crippen MR) is 46.6 cm³/mol. The normalized spacial score (nSPS) is 26.8. The molecule has 2 atom stereocenters. The Labute approximate surface area is 82.0 Å². The standard InChI is InChI=1S/C9H14O5/c1-9(12,8(11)13-2)6-3-4-14-5-7(6)10/h6,12H,3-5H2,1-2H3. The highest BCUT2D eigenvalue weighted by Gasteiger charge is 2.45. The van der Waals surface area contributed by atoms with Crippen LogP contribution in [0.15, 0.2) is 0 Å². The molecule has 2 unspecified atom stereocenters. The summed E-state index contributed by atoms with van der Waals surface area (Å²) in [7, 11) is 1.18. The van der Waals surface area contributed by atoms with E-state index in [2.05, 4.69) is 4.74 Å². The van der Waals surface area contributed by atoms with Crippen LogP contribution in [-0.4, -0.2) is 42.8 Å². The lowest BCUT2D eigenvalue weighted by Gasteiger charge is -2.31. The Morgan fingerprint density at radius 3 is 2.86 bits per heavy atom. The summed E-state index contributed by atoms with van der Waals surface area (Å²) >= 11 is 0. The van der Waals surface area contributed by atoms with Gasteiger partial charge in [0.15, 0.2) is 11.4 Å². The highest BCUT2D eigenvalue weighted by Crippen LogP contribution is 2.25. The minimum absolute atomic E-state index is 0.0438. The fourth-order valence-corrected chi connectivity index (χ4v) is 1.58. The molecule has 1 heterocycles. The van der Waals surface area contributed by atoms with Gasteiger partial charge in [-0.2, -0.15) is 0 Å². The Kier molecular flexibility index (Phi) is 3.23. The van der Waals surface area contributed by atoms with Crippen molar-refractivity contribution < 1.29 is 24.2 Å². The van der Waals surface area contributed by atoms with Crippen LogP contribution in [0.25, 0.3) is 0 Å². The van der Waals surface area contributed by atoms with Gasteiger partial charge in [-0.15, -0.1) is 0 Å². The van der Waals surface area contributed by atoms with Crippen LogP contribution < -0.4 is 0 Å². The summed E-state index contributed by atoms with van der Waals surface area (Å²) in [6.45, 7) is 1.63. The number of methoxy groups -OCH3 is 1. The quantitative estimate of drug-likeness (QED) is 0.612. The zero-order valence-electron chi connectivity index (χ0n) is 8.28. The summed E-state index contributed by atoms with van der Waals surface area (Å²) in [6.07, 6.45) is 0.348. The van der Waals surface area contributed by atoms with Gasteiger partial charge in [0.1, 0.15) is 6.61 Å². The first kappa shape index (κ1) is 11.1. The van der Waals surface area contributed by atoms with E-state index in [-0.39, 0.29) is 12.4 Å². The van der Waals surface area contributed by atoms with E-state index in [0.717, 1.165) is 0 Å². The van der Waals surface area contributed by atoms with Gasteiger partial charge in [0.25, 0.3) is 0 Å². The fourth-order valence-electron chi connectivity index (χ4n) is 1.58. The Morgan fingerprint density at radius 2 is 2.36 bits per heavy atom. The van der Waals surface area contributed by atoms with Gasteiger partial charge in [0.05, 0.1) is 13.0 Å². The Hall–Kier alpha value is -0.940.